The van der Waals surface area contributed by atoms with E-state index in [1.165, 1.54) is 16.7 Å². The van der Waals surface area contributed by atoms with Crippen molar-refractivity contribution in [1.82, 2.24) is 0 Å². The Morgan fingerprint density at radius 2 is 1.61 bits per heavy atom. The third kappa shape index (κ3) is 2.51. The van der Waals surface area contributed by atoms with Crippen molar-refractivity contribution in [2.75, 3.05) is 0 Å². The van der Waals surface area contributed by atoms with Crippen LogP contribution in [0.5, 0.6) is 0 Å². The predicted molar refractivity (Wildman–Crippen MR) is 76.0 cm³/mol. The summed E-state index contributed by atoms with van der Waals surface area (Å²) >= 11 is 0. The van der Waals surface area contributed by atoms with Crippen LogP contribution in [0.2, 0.25) is 0 Å². The van der Waals surface area contributed by atoms with Gasteiger partial charge in [0.25, 0.3) is 0 Å². The quantitative estimate of drug-likeness (QED) is 0.726. The van der Waals surface area contributed by atoms with E-state index in [0.717, 1.165) is 30.3 Å². The molecule has 0 aliphatic rings. The van der Waals surface area contributed by atoms with E-state index in [1.54, 1.807) is 0 Å². The first-order chi connectivity index (χ1) is 8.78. The maximum atomic E-state index is 10.8. The summed E-state index contributed by atoms with van der Waals surface area (Å²) in [5.74, 6) is 0. The van der Waals surface area contributed by atoms with E-state index in [4.69, 9.17) is 0 Å². The van der Waals surface area contributed by atoms with Crippen LogP contribution < -0.4 is 0 Å². The Kier molecular flexibility index (Phi) is 3.93. The number of carbonyl (C=O) groups is 1. The van der Waals surface area contributed by atoms with E-state index in [0.29, 0.717) is 0 Å². The first-order valence-electron chi connectivity index (χ1n) is 6.46. The molecule has 0 radical (unpaired) electrons. The van der Waals surface area contributed by atoms with Crippen molar-refractivity contribution in [2.45, 2.75) is 26.7 Å². The molecule has 2 aromatic rings. The molecule has 2 aromatic carbocycles. The predicted octanol–water partition coefficient (Wildman–Crippen LogP) is 4.29. The summed E-state index contributed by atoms with van der Waals surface area (Å²) < 4.78 is 0. The van der Waals surface area contributed by atoms with Gasteiger partial charge in [0.05, 0.1) is 0 Å². The minimum absolute atomic E-state index is 0.727. The van der Waals surface area contributed by atoms with Gasteiger partial charge in [-0.3, -0.25) is 4.79 Å². The molecule has 2 rings (SSSR count). The summed E-state index contributed by atoms with van der Waals surface area (Å²) in [5, 5.41) is 0. The molecular weight excluding hydrogens is 220 g/mol. The van der Waals surface area contributed by atoms with Crippen LogP contribution >= 0.6 is 0 Å². The molecule has 92 valence electrons. The Morgan fingerprint density at radius 3 is 2.28 bits per heavy atom. The molecular formula is C17H18O. The van der Waals surface area contributed by atoms with E-state index in [9.17, 15) is 4.79 Å². The molecule has 0 spiro atoms. The van der Waals surface area contributed by atoms with E-state index in [2.05, 4.69) is 32.0 Å². The van der Waals surface area contributed by atoms with Crippen LogP contribution in [-0.2, 0) is 12.8 Å². The molecule has 0 fully saturated rings. The largest absolute Gasteiger partial charge is 0.298 e. The van der Waals surface area contributed by atoms with E-state index in [-0.39, 0.29) is 0 Å². The normalized spacial score (nSPS) is 10.3. The Morgan fingerprint density at radius 1 is 0.889 bits per heavy atom. The minimum atomic E-state index is 0.727. The molecule has 0 aliphatic carbocycles. The average Bonchev–Trinajstić information content (AvgIpc) is 2.46. The van der Waals surface area contributed by atoms with Gasteiger partial charge in [-0.05, 0) is 41.2 Å². The van der Waals surface area contributed by atoms with Crippen LogP contribution in [0.1, 0.15) is 35.3 Å². The minimum Gasteiger partial charge on any atom is -0.298 e. The zero-order chi connectivity index (χ0) is 13.0. The second kappa shape index (κ2) is 5.63. The highest BCUT2D eigenvalue weighted by Gasteiger charge is 2.03. The number of aryl methyl sites for hydroxylation is 2. The van der Waals surface area contributed by atoms with Crippen molar-refractivity contribution in [3.63, 3.8) is 0 Å². The third-order valence-electron chi connectivity index (χ3n) is 3.32. The van der Waals surface area contributed by atoms with Crippen LogP contribution in [0.4, 0.5) is 0 Å². The summed E-state index contributed by atoms with van der Waals surface area (Å²) in [6.45, 7) is 4.36. The van der Waals surface area contributed by atoms with Gasteiger partial charge in [0.2, 0.25) is 0 Å². The highest BCUT2D eigenvalue weighted by atomic mass is 16.1. The lowest BCUT2D eigenvalue weighted by molar-refractivity contribution is 0.112. The molecule has 0 amide bonds. The van der Waals surface area contributed by atoms with E-state index in [1.807, 2.05) is 24.3 Å². The summed E-state index contributed by atoms with van der Waals surface area (Å²) in [4.78, 5) is 10.8. The van der Waals surface area contributed by atoms with Crippen molar-refractivity contribution in [3.8, 4) is 11.1 Å². The second-order valence-corrected chi connectivity index (χ2v) is 4.43. The van der Waals surface area contributed by atoms with Gasteiger partial charge in [-0.2, -0.15) is 0 Å². The van der Waals surface area contributed by atoms with Crippen molar-refractivity contribution in [3.05, 3.63) is 59.2 Å². The monoisotopic (exact) mass is 238 g/mol. The third-order valence-corrected chi connectivity index (χ3v) is 3.32. The van der Waals surface area contributed by atoms with Gasteiger partial charge in [0, 0.05) is 5.56 Å². The number of hydrogen-bond acceptors (Lipinski definition) is 1. The zero-order valence-corrected chi connectivity index (χ0v) is 10.9. The molecule has 1 nitrogen and oxygen atoms in total. The Labute approximate surface area is 108 Å². The van der Waals surface area contributed by atoms with Crippen molar-refractivity contribution >= 4 is 6.29 Å². The number of aldehydes is 1. The van der Waals surface area contributed by atoms with E-state index >= 15 is 0 Å². The summed E-state index contributed by atoms with van der Waals surface area (Å²) in [6, 6.07) is 14.3. The van der Waals surface area contributed by atoms with E-state index < -0.39 is 0 Å². The molecule has 0 saturated carbocycles. The Bertz CT molecular complexity index is 555. The van der Waals surface area contributed by atoms with Crippen molar-refractivity contribution in [2.24, 2.45) is 0 Å². The number of benzene rings is 2. The highest BCUT2D eigenvalue weighted by Crippen LogP contribution is 2.24. The van der Waals surface area contributed by atoms with Crippen LogP contribution in [-0.4, -0.2) is 6.29 Å². The fourth-order valence-electron chi connectivity index (χ4n) is 2.27. The fourth-order valence-corrected chi connectivity index (χ4v) is 2.27. The molecule has 0 atom stereocenters. The first-order valence-corrected chi connectivity index (χ1v) is 6.46. The lowest BCUT2D eigenvalue weighted by atomic mass is 9.96. The van der Waals surface area contributed by atoms with Gasteiger partial charge in [0.15, 0.2) is 0 Å². The van der Waals surface area contributed by atoms with Crippen LogP contribution in [0.3, 0.4) is 0 Å². The van der Waals surface area contributed by atoms with Gasteiger partial charge in [-0.1, -0.05) is 50.2 Å². The molecule has 0 aromatic heterocycles. The average molecular weight is 238 g/mol. The lowest BCUT2D eigenvalue weighted by Crippen LogP contribution is -1.92. The zero-order valence-electron chi connectivity index (χ0n) is 10.9. The lowest BCUT2D eigenvalue weighted by Gasteiger charge is -2.09. The Hall–Kier alpha value is -1.89. The Balaban J connectivity index is 2.47. The maximum Gasteiger partial charge on any atom is 0.150 e. The van der Waals surface area contributed by atoms with Gasteiger partial charge >= 0.3 is 0 Å². The van der Waals surface area contributed by atoms with Gasteiger partial charge in [0.1, 0.15) is 6.29 Å². The smallest absolute Gasteiger partial charge is 0.150 e. The van der Waals surface area contributed by atoms with Gasteiger partial charge in [-0.15, -0.1) is 0 Å². The molecule has 0 saturated heterocycles. The topological polar surface area (TPSA) is 17.1 Å². The summed E-state index contributed by atoms with van der Waals surface area (Å²) in [5.41, 5.74) is 5.83. The maximum absolute atomic E-state index is 10.8. The second-order valence-electron chi connectivity index (χ2n) is 4.43. The number of hydrogen-bond donors (Lipinski definition) is 0. The number of rotatable bonds is 4. The van der Waals surface area contributed by atoms with Crippen LogP contribution in [0.25, 0.3) is 11.1 Å². The van der Waals surface area contributed by atoms with Crippen LogP contribution in [0, 0.1) is 0 Å². The standard InChI is InChI=1S/C17H18O/c1-3-14-8-9-17(11-15(14)4-2)16-7-5-6-13(10-16)12-18/h5-12H,3-4H2,1-2H3. The molecule has 18 heavy (non-hydrogen) atoms. The molecule has 1 heteroatoms. The van der Waals surface area contributed by atoms with Gasteiger partial charge < -0.3 is 0 Å². The molecule has 0 heterocycles. The van der Waals surface area contributed by atoms with Crippen molar-refractivity contribution < 1.29 is 4.79 Å². The molecule has 0 bridgehead atoms. The van der Waals surface area contributed by atoms with Gasteiger partial charge in [-0.25, -0.2) is 0 Å². The number of carbonyl (C=O) groups excluding carboxylic acids is 1. The molecule has 0 N–H and O–H groups in total. The fraction of sp³-hybridized carbons (Fsp3) is 0.235. The summed E-state index contributed by atoms with van der Waals surface area (Å²) in [7, 11) is 0. The SMILES string of the molecule is CCc1ccc(-c2cccc(C=O)c2)cc1CC. The first kappa shape index (κ1) is 12.6. The highest BCUT2D eigenvalue weighted by molar-refractivity contribution is 5.79. The van der Waals surface area contributed by atoms with Crippen molar-refractivity contribution in [1.29, 1.82) is 0 Å². The molecule has 0 unspecified atom stereocenters. The molecule has 0 aliphatic heterocycles. The summed E-state index contributed by atoms with van der Waals surface area (Å²) in [6.07, 6.45) is 3.01. The van der Waals surface area contributed by atoms with Crippen LogP contribution in [0.15, 0.2) is 42.5 Å².